The van der Waals surface area contributed by atoms with Gasteiger partial charge in [-0.25, -0.2) is 0 Å². The number of benzene rings is 1. The topological polar surface area (TPSA) is 29.5 Å². The molecule has 106 valence electrons. The fraction of sp³-hybridized carbons (Fsp3) is 0.647. The van der Waals surface area contributed by atoms with Gasteiger partial charge in [-0.3, -0.25) is 0 Å². The third kappa shape index (κ3) is 3.80. The van der Waals surface area contributed by atoms with Crippen molar-refractivity contribution in [2.45, 2.75) is 63.1 Å². The van der Waals surface area contributed by atoms with Crippen molar-refractivity contribution < 1.29 is 9.84 Å². The lowest BCUT2D eigenvalue weighted by Crippen LogP contribution is -2.45. The van der Waals surface area contributed by atoms with E-state index in [9.17, 15) is 5.11 Å². The van der Waals surface area contributed by atoms with Crippen LogP contribution in [0.4, 0.5) is 0 Å². The third-order valence-corrected chi connectivity index (χ3v) is 4.50. The Bertz CT molecular complexity index is 355. The minimum Gasteiger partial charge on any atom is -0.390 e. The van der Waals surface area contributed by atoms with E-state index in [1.54, 1.807) is 7.11 Å². The smallest absolute Gasteiger partial charge is 0.0936 e. The Hall–Kier alpha value is -0.860. The SMILES string of the molecule is COC1(C(O)CCCc2ccccc2)CCCCC1. The first-order valence-corrected chi connectivity index (χ1v) is 7.54. The van der Waals surface area contributed by atoms with Gasteiger partial charge in [-0.05, 0) is 37.7 Å². The third-order valence-electron chi connectivity index (χ3n) is 4.50. The highest BCUT2D eigenvalue weighted by Gasteiger charge is 2.38. The molecule has 1 aromatic carbocycles. The molecule has 0 bridgehead atoms. The average Bonchev–Trinajstić information content (AvgIpc) is 2.49. The van der Waals surface area contributed by atoms with E-state index in [2.05, 4.69) is 24.3 Å². The lowest BCUT2D eigenvalue weighted by molar-refractivity contribution is -0.125. The van der Waals surface area contributed by atoms with E-state index in [1.165, 1.54) is 24.8 Å². The van der Waals surface area contributed by atoms with Crippen LogP contribution in [0.3, 0.4) is 0 Å². The number of methoxy groups -OCH3 is 1. The summed E-state index contributed by atoms with van der Waals surface area (Å²) in [5.41, 5.74) is 1.08. The zero-order valence-corrected chi connectivity index (χ0v) is 12.0. The van der Waals surface area contributed by atoms with Crippen molar-refractivity contribution in [3.05, 3.63) is 35.9 Å². The largest absolute Gasteiger partial charge is 0.390 e. The second-order valence-electron chi connectivity index (χ2n) is 5.72. The first kappa shape index (κ1) is 14.5. The fourth-order valence-corrected chi connectivity index (χ4v) is 3.23. The maximum absolute atomic E-state index is 10.5. The molecule has 19 heavy (non-hydrogen) atoms. The van der Waals surface area contributed by atoms with Gasteiger partial charge in [-0.15, -0.1) is 0 Å². The van der Waals surface area contributed by atoms with Crippen molar-refractivity contribution >= 4 is 0 Å². The molecule has 0 radical (unpaired) electrons. The van der Waals surface area contributed by atoms with E-state index in [1.807, 2.05) is 6.07 Å². The number of aliphatic hydroxyl groups is 1. The molecule has 1 saturated carbocycles. The van der Waals surface area contributed by atoms with Gasteiger partial charge < -0.3 is 9.84 Å². The van der Waals surface area contributed by atoms with Crippen LogP contribution < -0.4 is 0 Å². The molecule has 0 aliphatic heterocycles. The molecule has 0 spiro atoms. The van der Waals surface area contributed by atoms with E-state index < -0.39 is 0 Å². The van der Waals surface area contributed by atoms with E-state index in [0.717, 1.165) is 32.1 Å². The van der Waals surface area contributed by atoms with Crippen molar-refractivity contribution in [1.29, 1.82) is 0 Å². The zero-order chi connectivity index (χ0) is 13.6. The lowest BCUT2D eigenvalue weighted by Gasteiger charge is -2.40. The highest BCUT2D eigenvalue weighted by molar-refractivity contribution is 5.14. The molecule has 0 aromatic heterocycles. The van der Waals surface area contributed by atoms with Crippen LogP contribution in [0, 0.1) is 0 Å². The summed E-state index contributed by atoms with van der Waals surface area (Å²) in [5, 5.41) is 10.5. The van der Waals surface area contributed by atoms with E-state index in [4.69, 9.17) is 4.74 Å². The van der Waals surface area contributed by atoms with Gasteiger partial charge in [-0.2, -0.15) is 0 Å². The molecule has 1 unspecified atom stereocenters. The summed E-state index contributed by atoms with van der Waals surface area (Å²) in [6.45, 7) is 0. The van der Waals surface area contributed by atoms with Crippen LogP contribution in [-0.2, 0) is 11.2 Å². The molecule has 0 saturated heterocycles. The highest BCUT2D eigenvalue weighted by atomic mass is 16.5. The van der Waals surface area contributed by atoms with Crippen molar-refractivity contribution in [2.24, 2.45) is 0 Å². The fourth-order valence-electron chi connectivity index (χ4n) is 3.23. The molecule has 1 aromatic rings. The Kier molecular flexibility index (Phi) is 5.41. The molecule has 0 amide bonds. The Balaban J connectivity index is 1.81. The van der Waals surface area contributed by atoms with Gasteiger partial charge in [-0.1, -0.05) is 49.6 Å². The zero-order valence-electron chi connectivity index (χ0n) is 12.0. The normalized spacial score (nSPS) is 20.1. The van der Waals surface area contributed by atoms with Crippen molar-refractivity contribution in [3.63, 3.8) is 0 Å². The number of hydrogen-bond donors (Lipinski definition) is 1. The number of hydrogen-bond acceptors (Lipinski definition) is 2. The molecule has 1 aliphatic rings. The van der Waals surface area contributed by atoms with Gasteiger partial charge in [0, 0.05) is 7.11 Å². The maximum Gasteiger partial charge on any atom is 0.0936 e. The first-order chi connectivity index (χ1) is 9.27. The summed E-state index contributed by atoms with van der Waals surface area (Å²) in [6, 6.07) is 10.5. The second kappa shape index (κ2) is 7.06. The summed E-state index contributed by atoms with van der Waals surface area (Å²) >= 11 is 0. The number of rotatable bonds is 6. The molecular weight excluding hydrogens is 236 g/mol. The van der Waals surface area contributed by atoms with Crippen molar-refractivity contribution in [1.82, 2.24) is 0 Å². The van der Waals surface area contributed by atoms with Crippen LogP contribution in [0.15, 0.2) is 30.3 Å². The summed E-state index contributed by atoms with van der Waals surface area (Å²) in [6.07, 6.45) is 8.25. The molecule has 0 heterocycles. The summed E-state index contributed by atoms with van der Waals surface area (Å²) in [5.74, 6) is 0. The summed E-state index contributed by atoms with van der Waals surface area (Å²) < 4.78 is 5.69. The predicted octanol–water partition coefficient (Wildman–Crippen LogP) is 3.72. The molecule has 2 heteroatoms. The monoisotopic (exact) mass is 262 g/mol. The molecule has 1 atom stereocenters. The minimum atomic E-state index is -0.318. The van der Waals surface area contributed by atoms with Gasteiger partial charge in [0.05, 0.1) is 11.7 Å². The number of aliphatic hydroxyl groups excluding tert-OH is 1. The minimum absolute atomic E-state index is 0.269. The van der Waals surface area contributed by atoms with Crippen LogP contribution in [-0.4, -0.2) is 23.9 Å². The van der Waals surface area contributed by atoms with Crippen molar-refractivity contribution in [2.75, 3.05) is 7.11 Å². The van der Waals surface area contributed by atoms with E-state index in [-0.39, 0.29) is 11.7 Å². The van der Waals surface area contributed by atoms with E-state index >= 15 is 0 Å². The average molecular weight is 262 g/mol. The molecule has 1 fully saturated rings. The summed E-state index contributed by atoms with van der Waals surface area (Å²) in [7, 11) is 1.76. The van der Waals surface area contributed by atoms with Crippen LogP contribution in [0.2, 0.25) is 0 Å². The number of aryl methyl sites for hydroxylation is 1. The highest BCUT2D eigenvalue weighted by Crippen LogP contribution is 2.35. The molecule has 1 aliphatic carbocycles. The Morgan fingerprint density at radius 1 is 1.16 bits per heavy atom. The van der Waals surface area contributed by atoms with Gasteiger partial charge in [0.2, 0.25) is 0 Å². The van der Waals surface area contributed by atoms with Gasteiger partial charge in [0.25, 0.3) is 0 Å². The standard InChI is InChI=1S/C17H26O2/c1-19-17(13-6-3-7-14-17)16(18)12-8-11-15-9-4-2-5-10-15/h2,4-5,9-10,16,18H,3,6-8,11-14H2,1H3. The molecule has 1 N–H and O–H groups in total. The van der Waals surface area contributed by atoms with Crippen LogP contribution >= 0.6 is 0 Å². The van der Waals surface area contributed by atoms with Gasteiger partial charge in [0.15, 0.2) is 0 Å². The number of ether oxygens (including phenoxy) is 1. The molecular formula is C17H26O2. The molecule has 2 nitrogen and oxygen atoms in total. The quantitative estimate of drug-likeness (QED) is 0.846. The summed E-state index contributed by atoms with van der Waals surface area (Å²) in [4.78, 5) is 0. The molecule has 2 rings (SSSR count). The van der Waals surface area contributed by atoms with E-state index in [0.29, 0.717) is 0 Å². The van der Waals surface area contributed by atoms with Crippen molar-refractivity contribution in [3.8, 4) is 0 Å². The Labute approximate surface area is 116 Å². The maximum atomic E-state index is 10.5. The Morgan fingerprint density at radius 2 is 1.84 bits per heavy atom. The predicted molar refractivity (Wildman–Crippen MR) is 78.2 cm³/mol. The van der Waals surface area contributed by atoms with Gasteiger partial charge >= 0.3 is 0 Å². The lowest BCUT2D eigenvalue weighted by atomic mass is 9.79. The van der Waals surface area contributed by atoms with Crippen LogP contribution in [0.1, 0.15) is 50.5 Å². The van der Waals surface area contributed by atoms with Crippen LogP contribution in [0.5, 0.6) is 0 Å². The van der Waals surface area contributed by atoms with Gasteiger partial charge in [0.1, 0.15) is 0 Å². The second-order valence-corrected chi connectivity index (χ2v) is 5.72. The van der Waals surface area contributed by atoms with Crippen LogP contribution in [0.25, 0.3) is 0 Å². The Morgan fingerprint density at radius 3 is 2.47 bits per heavy atom. The first-order valence-electron chi connectivity index (χ1n) is 7.54.